The van der Waals surface area contributed by atoms with Crippen LogP contribution in [0.3, 0.4) is 0 Å². The van der Waals surface area contributed by atoms with Gasteiger partial charge in [0.25, 0.3) is 0 Å². The molecule has 1 aromatic heterocycles. The lowest BCUT2D eigenvalue weighted by Crippen LogP contribution is -2.67. The fourth-order valence-electron chi connectivity index (χ4n) is 5.60. The Morgan fingerprint density at radius 1 is 0.938 bits per heavy atom. The van der Waals surface area contributed by atoms with E-state index in [1.54, 1.807) is 0 Å². The first-order chi connectivity index (χ1) is 15.7. The molecule has 0 saturated carbocycles. The second kappa shape index (κ2) is 9.53. The summed E-state index contributed by atoms with van der Waals surface area (Å²) in [6.07, 6.45) is 4.27. The molecule has 2 aliphatic heterocycles. The Kier molecular flexibility index (Phi) is 6.35. The molecule has 0 amide bonds. The van der Waals surface area contributed by atoms with E-state index in [-0.39, 0.29) is 12.6 Å². The van der Waals surface area contributed by atoms with Crippen molar-refractivity contribution in [3.63, 3.8) is 0 Å². The van der Waals surface area contributed by atoms with Crippen molar-refractivity contribution in [3.8, 4) is 11.1 Å². The summed E-state index contributed by atoms with van der Waals surface area (Å²) in [5.41, 5.74) is 6.28. The molecular weight excluding hydrogens is 394 g/mol. The van der Waals surface area contributed by atoms with Gasteiger partial charge >= 0.3 is 0 Å². The van der Waals surface area contributed by atoms with Gasteiger partial charge in [0.05, 0.1) is 12.3 Å². The molecule has 4 heteroatoms. The van der Waals surface area contributed by atoms with Gasteiger partial charge in [-0.3, -0.25) is 14.8 Å². The van der Waals surface area contributed by atoms with Crippen molar-refractivity contribution in [3.05, 3.63) is 89.7 Å². The van der Waals surface area contributed by atoms with E-state index in [0.29, 0.717) is 12.0 Å². The highest BCUT2D eigenvalue weighted by molar-refractivity contribution is 5.64. The predicted octanol–water partition coefficient (Wildman–Crippen LogP) is 4.48. The topological polar surface area (TPSA) is 39.6 Å². The third-order valence-electron chi connectivity index (χ3n) is 7.21. The Balaban J connectivity index is 1.36. The van der Waals surface area contributed by atoms with E-state index in [1.165, 1.54) is 35.1 Å². The van der Waals surface area contributed by atoms with Crippen molar-refractivity contribution < 1.29 is 5.11 Å². The van der Waals surface area contributed by atoms with Gasteiger partial charge in [-0.05, 0) is 61.7 Å². The molecule has 2 aromatic carbocycles. The SMILES string of the molecule is Cc1cccc(-c2ccc([C@H]3[C@H](CO)N4CCCCN(Cc5ccccn5)C[C@@H]34)cc2)c1. The molecule has 0 radical (unpaired) electrons. The van der Waals surface area contributed by atoms with Crippen LogP contribution in [0.15, 0.2) is 72.9 Å². The van der Waals surface area contributed by atoms with Gasteiger partial charge in [0.1, 0.15) is 0 Å². The van der Waals surface area contributed by atoms with Crippen molar-refractivity contribution in [2.75, 3.05) is 26.2 Å². The summed E-state index contributed by atoms with van der Waals surface area (Å²) in [5, 5.41) is 10.2. The van der Waals surface area contributed by atoms with E-state index >= 15 is 0 Å². The fourth-order valence-corrected chi connectivity index (χ4v) is 5.60. The van der Waals surface area contributed by atoms with E-state index in [1.807, 2.05) is 12.3 Å². The molecule has 3 heterocycles. The Morgan fingerprint density at radius 3 is 2.53 bits per heavy atom. The lowest BCUT2D eigenvalue weighted by molar-refractivity contribution is -0.0656. The molecule has 1 N–H and O–H groups in total. The van der Waals surface area contributed by atoms with Crippen LogP contribution in [0, 0.1) is 6.92 Å². The standard InChI is InChI=1S/C28H33N3O/c1-21-7-6-8-24(17-21)22-10-12-23(13-11-22)28-26-19-30(18-25-9-2-3-14-29-25)15-4-5-16-31(26)27(28)20-32/h2-3,6-14,17,26-28,32H,4-5,15-16,18-20H2,1H3/t26-,27-,28+/m0/s1. The van der Waals surface area contributed by atoms with Gasteiger partial charge in [-0.15, -0.1) is 0 Å². The first-order valence-corrected chi connectivity index (χ1v) is 11.9. The number of benzene rings is 2. The van der Waals surface area contributed by atoms with Gasteiger partial charge in [-0.1, -0.05) is 60.2 Å². The first-order valence-electron chi connectivity index (χ1n) is 11.9. The van der Waals surface area contributed by atoms with Crippen molar-refractivity contribution in [1.29, 1.82) is 0 Å². The molecule has 2 saturated heterocycles. The zero-order valence-electron chi connectivity index (χ0n) is 18.9. The maximum atomic E-state index is 10.2. The second-order valence-electron chi connectivity index (χ2n) is 9.34. The Bertz CT molecular complexity index is 1020. The number of aryl methyl sites for hydroxylation is 1. The van der Waals surface area contributed by atoms with E-state index in [4.69, 9.17) is 0 Å². The molecule has 5 rings (SSSR count). The van der Waals surface area contributed by atoms with Crippen molar-refractivity contribution in [2.24, 2.45) is 0 Å². The average molecular weight is 428 g/mol. The van der Waals surface area contributed by atoms with Gasteiger partial charge in [0, 0.05) is 37.3 Å². The van der Waals surface area contributed by atoms with Crippen LogP contribution in [0.2, 0.25) is 0 Å². The van der Waals surface area contributed by atoms with Crippen LogP contribution in [0.1, 0.15) is 35.6 Å². The van der Waals surface area contributed by atoms with Gasteiger partial charge in [-0.25, -0.2) is 0 Å². The lowest BCUT2D eigenvalue weighted by atomic mass is 9.74. The predicted molar refractivity (Wildman–Crippen MR) is 129 cm³/mol. The Morgan fingerprint density at radius 2 is 1.78 bits per heavy atom. The van der Waals surface area contributed by atoms with Crippen molar-refractivity contribution in [2.45, 2.75) is 44.3 Å². The summed E-state index contributed by atoms with van der Waals surface area (Å²) in [6.45, 7) is 6.49. The van der Waals surface area contributed by atoms with E-state index in [0.717, 1.165) is 31.9 Å². The van der Waals surface area contributed by atoms with Gasteiger partial charge in [0.15, 0.2) is 0 Å². The number of hydrogen-bond acceptors (Lipinski definition) is 4. The average Bonchev–Trinajstić information content (AvgIpc) is 2.81. The second-order valence-corrected chi connectivity index (χ2v) is 9.34. The Labute approximate surface area is 191 Å². The summed E-state index contributed by atoms with van der Waals surface area (Å²) in [6, 6.07) is 24.6. The summed E-state index contributed by atoms with van der Waals surface area (Å²) in [5.74, 6) is 0.371. The molecule has 4 nitrogen and oxygen atoms in total. The van der Waals surface area contributed by atoms with E-state index < -0.39 is 0 Å². The highest BCUT2D eigenvalue weighted by Gasteiger charge is 2.49. The minimum atomic E-state index is 0.222. The third-order valence-corrected chi connectivity index (χ3v) is 7.21. The Hall–Kier alpha value is -2.53. The first kappa shape index (κ1) is 21.3. The summed E-state index contributed by atoms with van der Waals surface area (Å²) in [4.78, 5) is 9.65. The van der Waals surface area contributed by atoms with Gasteiger partial charge in [0.2, 0.25) is 0 Å². The number of pyridine rings is 1. The van der Waals surface area contributed by atoms with Crippen LogP contribution in [0.5, 0.6) is 0 Å². The minimum Gasteiger partial charge on any atom is -0.395 e. The molecule has 3 atom stereocenters. The van der Waals surface area contributed by atoms with E-state index in [9.17, 15) is 5.11 Å². The largest absolute Gasteiger partial charge is 0.395 e. The van der Waals surface area contributed by atoms with Gasteiger partial charge < -0.3 is 5.11 Å². The molecule has 166 valence electrons. The summed E-state index contributed by atoms with van der Waals surface area (Å²) >= 11 is 0. The molecule has 0 spiro atoms. The molecule has 2 fully saturated rings. The fraction of sp³-hybridized carbons (Fsp3) is 0.393. The zero-order valence-corrected chi connectivity index (χ0v) is 18.9. The maximum Gasteiger partial charge on any atom is 0.0593 e. The molecule has 2 aliphatic rings. The van der Waals surface area contributed by atoms with Crippen LogP contribution in [0.4, 0.5) is 0 Å². The molecule has 0 unspecified atom stereocenters. The number of nitrogens with zero attached hydrogens (tertiary/aromatic N) is 3. The highest BCUT2D eigenvalue weighted by atomic mass is 16.3. The number of aromatic nitrogens is 1. The van der Waals surface area contributed by atoms with Crippen LogP contribution >= 0.6 is 0 Å². The van der Waals surface area contributed by atoms with Crippen molar-refractivity contribution in [1.82, 2.24) is 14.8 Å². The van der Waals surface area contributed by atoms with Crippen LogP contribution in [-0.2, 0) is 6.54 Å². The van der Waals surface area contributed by atoms with Crippen LogP contribution in [0.25, 0.3) is 11.1 Å². The normalized spacial score (nSPS) is 24.2. The monoisotopic (exact) mass is 427 g/mol. The zero-order chi connectivity index (χ0) is 21.9. The van der Waals surface area contributed by atoms with Crippen LogP contribution in [-0.4, -0.2) is 58.2 Å². The molecule has 0 bridgehead atoms. The number of aliphatic hydroxyl groups is 1. The smallest absolute Gasteiger partial charge is 0.0593 e. The quantitative estimate of drug-likeness (QED) is 0.652. The lowest BCUT2D eigenvalue weighted by Gasteiger charge is -2.57. The summed E-state index contributed by atoms with van der Waals surface area (Å²) < 4.78 is 0. The molecule has 32 heavy (non-hydrogen) atoms. The number of hydrogen-bond donors (Lipinski definition) is 1. The van der Waals surface area contributed by atoms with E-state index in [2.05, 4.69) is 82.4 Å². The third kappa shape index (κ3) is 4.36. The van der Waals surface area contributed by atoms with Crippen molar-refractivity contribution >= 4 is 0 Å². The summed E-state index contributed by atoms with van der Waals surface area (Å²) in [7, 11) is 0. The number of fused-ring (bicyclic) bond motifs is 1. The number of aliphatic hydroxyl groups excluding tert-OH is 1. The maximum absolute atomic E-state index is 10.2. The molecule has 3 aromatic rings. The van der Waals surface area contributed by atoms with Crippen LogP contribution < -0.4 is 0 Å². The van der Waals surface area contributed by atoms with Gasteiger partial charge in [-0.2, -0.15) is 0 Å². The molecule has 0 aliphatic carbocycles. The number of rotatable bonds is 5. The minimum absolute atomic E-state index is 0.222. The highest BCUT2D eigenvalue weighted by Crippen LogP contribution is 2.42. The molecular formula is C28H33N3O.